The molecule has 6 heteroatoms. The standard InChI is InChI=1S/C19H19ClN2O3/c1-14-21-8-9-22(14)16-4-3-5-17(13-16)24-10-11-25-18-7-6-15(20)12-19(18)23-2/h3-9,12-13H,10-11H2,1-2H3. The smallest absolute Gasteiger partial charge is 0.162 e. The number of nitrogens with zero attached hydrogens (tertiary/aromatic N) is 2. The molecular formula is C19H19ClN2O3. The number of benzene rings is 2. The number of ether oxygens (including phenoxy) is 3. The lowest BCUT2D eigenvalue weighted by molar-refractivity contribution is 0.211. The normalized spacial score (nSPS) is 10.5. The van der Waals surface area contributed by atoms with E-state index in [-0.39, 0.29) is 0 Å². The molecule has 0 saturated heterocycles. The molecule has 3 aromatic rings. The van der Waals surface area contributed by atoms with Crippen LogP contribution in [0.25, 0.3) is 5.69 Å². The molecule has 0 aliphatic heterocycles. The number of imidazole rings is 1. The molecule has 0 amide bonds. The van der Waals surface area contributed by atoms with Crippen LogP contribution < -0.4 is 14.2 Å². The van der Waals surface area contributed by atoms with Gasteiger partial charge in [-0.1, -0.05) is 17.7 Å². The Bertz CT molecular complexity index is 848. The van der Waals surface area contributed by atoms with E-state index in [0.717, 1.165) is 17.3 Å². The molecule has 1 heterocycles. The van der Waals surface area contributed by atoms with E-state index < -0.39 is 0 Å². The Morgan fingerprint density at radius 2 is 1.88 bits per heavy atom. The van der Waals surface area contributed by atoms with Crippen molar-refractivity contribution in [3.63, 3.8) is 0 Å². The lowest BCUT2D eigenvalue weighted by Gasteiger charge is -2.12. The summed E-state index contributed by atoms with van der Waals surface area (Å²) in [5.41, 5.74) is 1.01. The molecule has 1 aromatic heterocycles. The third-order valence-corrected chi connectivity index (χ3v) is 3.89. The molecule has 0 fully saturated rings. The number of methoxy groups -OCH3 is 1. The summed E-state index contributed by atoms with van der Waals surface area (Å²) in [6.07, 6.45) is 3.70. The van der Waals surface area contributed by atoms with Crippen LogP contribution in [0.4, 0.5) is 0 Å². The van der Waals surface area contributed by atoms with Crippen LogP contribution in [-0.2, 0) is 0 Å². The lowest BCUT2D eigenvalue weighted by atomic mass is 10.3. The summed E-state index contributed by atoms with van der Waals surface area (Å²) in [6.45, 7) is 2.77. The van der Waals surface area contributed by atoms with E-state index in [1.165, 1.54) is 0 Å². The van der Waals surface area contributed by atoms with Crippen LogP contribution in [-0.4, -0.2) is 29.9 Å². The lowest BCUT2D eigenvalue weighted by Crippen LogP contribution is -2.09. The van der Waals surface area contributed by atoms with Crippen molar-refractivity contribution in [2.24, 2.45) is 0 Å². The average Bonchev–Trinajstić information content (AvgIpc) is 3.06. The second-order valence-electron chi connectivity index (χ2n) is 5.33. The fraction of sp³-hybridized carbons (Fsp3) is 0.211. The highest BCUT2D eigenvalue weighted by atomic mass is 35.5. The van der Waals surface area contributed by atoms with Crippen molar-refractivity contribution >= 4 is 11.6 Å². The van der Waals surface area contributed by atoms with Gasteiger partial charge in [0.15, 0.2) is 11.5 Å². The second kappa shape index (κ2) is 7.94. The van der Waals surface area contributed by atoms with E-state index in [1.807, 2.05) is 42.0 Å². The summed E-state index contributed by atoms with van der Waals surface area (Å²) >= 11 is 5.94. The van der Waals surface area contributed by atoms with Crippen LogP contribution in [0.15, 0.2) is 54.9 Å². The average molecular weight is 359 g/mol. The Morgan fingerprint density at radius 3 is 2.64 bits per heavy atom. The van der Waals surface area contributed by atoms with E-state index in [4.69, 9.17) is 25.8 Å². The monoisotopic (exact) mass is 358 g/mol. The molecule has 25 heavy (non-hydrogen) atoms. The molecule has 0 radical (unpaired) electrons. The minimum absolute atomic E-state index is 0.395. The fourth-order valence-electron chi connectivity index (χ4n) is 2.45. The van der Waals surface area contributed by atoms with Crippen LogP contribution in [0.1, 0.15) is 5.82 Å². The van der Waals surface area contributed by atoms with Gasteiger partial charge in [0.2, 0.25) is 0 Å². The molecule has 0 saturated carbocycles. The highest BCUT2D eigenvalue weighted by molar-refractivity contribution is 6.30. The Balaban J connectivity index is 1.57. The van der Waals surface area contributed by atoms with E-state index in [2.05, 4.69) is 4.98 Å². The Morgan fingerprint density at radius 1 is 1.04 bits per heavy atom. The summed E-state index contributed by atoms with van der Waals surface area (Å²) < 4.78 is 18.7. The summed E-state index contributed by atoms with van der Waals surface area (Å²) in [5.74, 6) is 2.94. The maximum absolute atomic E-state index is 5.94. The first kappa shape index (κ1) is 17.2. The molecule has 0 aliphatic rings. The van der Waals surface area contributed by atoms with Gasteiger partial charge in [0.1, 0.15) is 24.8 Å². The second-order valence-corrected chi connectivity index (χ2v) is 5.77. The predicted molar refractivity (Wildman–Crippen MR) is 97.3 cm³/mol. The van der Waals surface area contributed by atoms with Gasteiger partial charge in [-0.25, -0.2) is 4.98 Å². The first-order valence-electron chi connectivity index (χ1n) is 7.87. The minimum atomic E-state index is 0.395. The zero-order chi connectivity index (χ0) is 17.6. The summed E-state index contributed by atoms with van der Waals surface area (Å²) in [4.78, 5) is 4.24. The van der Waals surface area contributed by atoms with E-state index >= 15 is 0 Å². The number of rotatable bonds is 7. The first-order chi connectivity index (χ1) is 12.2. The van der Waals surface area contributed by atoms with E-state index in [9.17, 15) is 0 Å². The van der Waals surface area contributed by atoms with Gasteiger partial charge >= 0.3 is 0 Å². The molecule has 0 aliphatic carbocycles. The van der Waals surface area contributed by atoms with Crippen molar-refractivity contribution in [2.45, 2.75) is 6.92 Å². The van der Waals surface area contributed by atoms with Crippen molar-refractivity contribution < 1.29 is 14.2 Å². The molecule has 3 rings (SSSR count). The molecule has 0 atom stereocenters. The van der Waals surface area contributed by atoms with E-state index in [0.29, 0.717) is 29.7 Å². The summed E-state index contributed by atoms with van der Waals surface area (Å²) in [7, 11) is 1.58. The fourth-order valence-corrected chi connectivity index (χ4v) is 2.61. The molecule has 0 spiro atoms. The number of aromatic nitrogens is 2. The Labute approximate surface area is 151 Å². The summed E-state index contributed by atoms with van der Waals surface area (Å²) in [6, 6.07) is 13.1. The third-order valence-electron chi connectivity index (χ3n) is 3.66. The first-order valence-corrected chi connectivity index (χ1v) is 8.24. The van der Waals surface area contributed by atoms with Gasteiger partial charge in [-0.2, -0.15) is 0 Å². The van der Waals surface area contributed by atoms with Gasteiger partial charge in [0.25, 0.3) is 0 Å². The number of aryl methyl sites for hydroxylation is 1. The van der Waals surface area contributed by atoms with Gasteiger partial charge in [0.05, 0.1) is 12.8 Å². The van der Waals surface area contributed by atoms with Crippen LogP contribution in [0.5, 0.6) is 17.2 Å². The van der Waals surface area contributed by atoms with Gasteiger partial charge in [-0.3, -0.25) is 0 Å². The Hall–Kier alpha value is -2.66. The van der Waals surface area contributed by atoms with Crippen molar-refractivity contribution in [1.82, 2.24) is 9.55 Å². The predicted octanol–water partition coefficient (Wildman–Crippen LogP) is 4.30. The van der Waals surface area contributed by atoms with Gasteiger partial charge in [-0.05, 0) is 31.2 Å². The zero-order valence-corrected chi connectivity index (χ0v) is 14.9. The van der Waals surface area contributed by atoms with Crippen LogP contribution >= 0.6 is 11.6 Å². The SMILES string of the molecule is COc1cc(Cl)ccc1OCCOc1cccc(-n2ccnc2C)c1. The number of halogens is 1. The topological polar surface area (TPSA) is 45.5 Å². The zero-order valence-electron chi connectivity index (χ0n) is 14.1. The number of hydrogen-bond donors (Lipinski definition) is 0. The van der Waals surface area contributed by atoms with E-state index in [1.54, 1.807) is 31.5 Å². The van der Waals surface area contributed by atoms with Crippen molar-refractivity contribution in [2.75, 3.05) is 20.3 Å². The minimum Gasteiger partial charge on any atom is -0.493 e. The maximum Gasteiger partial charge on any atom is 0.162 e. The molecule has 0 N–H and O–H groups in total. The molecule has 0 unspecified atom stereocenters. The van der Waals surface area contributed by atoms with Crippen molar-refractivity contribution in [1.29, 1.82) is 0 Å². The van der Waals surface area contributed by atoms with Crippen LogP contribution in [0, 0.1) is 6.92 Å². The Kier molecular flexibility index (Phi) is 5.46. The maximum atomic E-state index is 5.94. The van der Waals surface area contributed by atoms with Gasteiger partial charge < -0.3 is 18.8 Å². The molecule has 5 nitrogen and oxygen atoms in total. The molecule has 130 valence electrons. The highest BCUT2D eigenvalue weighted by Crippen LogP contribution is 2.29. The quantitative estimate of drug-likeness (QED) is 0.591. The highest BCUT2D eigenvalue weighted by Gasteiger charge is 2.06. The summed E-state index contributed by atoms with van der Waals surface area (Å²) in [5, 5.41) is 0.604. The van der Waals surface area contributed by atoms with Gasteiger partial charge in [-0.15, -0.1) is 0 Å². The van der Waals surface area contributed by atoms with Gasteiger partial charge in [0, 0.05) is 29.5 Å². The van der Waals surface area contributed by atoms with Crippen molar-refractivity contribution in [3.8, 4) is 22.9 Å². The molecule has 2 aromatic carbocycles. The van der Waals surface area contributed by atoms with Crippen molar-refractivity contribution in [3.05, 3.63) is 65.7 Å². The molecular weight excluding hydrogens is 340 g/mol. The number of hydrogen-bond acceptors (Lipinski definition) is 4. The third kappa shape index (κ3) is 4.25. The van der Waals surface area contributed by atoms with Crippen LogP contribution in [0.2, 0.25) is 5.02 Å². The molecule has 0 bridgehead atoms. The van der Waals surface area contributed by atoms with Crippen LogP contribution in [0.3, 0.4) is 0 Å². The largest absolute Gasteiger partial charge is 0.493 e.